The van der Waals surface area contributed by atoms with Crippen LogP contribution in [0.4, 0.5) is 0 Å². The van der Waals surface area contributed by atoms with Gasteiger partial charge in [0, 0.05) is 12.7 Å². The van der Waals surface area contributed by atoms with Gasteiger partial charge in [-0.1, -0.05) is 0 Å². The molecular formula is C12H12BrNO2. The van der Waals surface area contributed by atoms with E-state index in [1.165, 1.54) is 0 Å². The fourth-order valence-corrected chi connectivity index (χ4v) is 2.21. The van der Waals surface area contributed by atoms with E-state index in [1.807, 2.05) is 30.7 Å². The molecule has 0 N–H and O–H groups in total. The van der Waals surface area contributed by atoms with Crippen molar-refractivity contribution in [3.8, 4) is 5.75 Å². The summed E-state index contributed by atoms with van der Waals surface area (Å²) in [6, 6.07) is 5.52. The third kappa shape index (κ3) is 1.53. The molecule has 84 valence electrons. The van der Waals surface area contributed by atoms with E-state index in [9.17, 15) is 4.79 Å². The normalized spacial score (nSPS) is 10.8. The first-order chi connectivity index (χ1) is 7.56. The number of pyridine rings is 1. The lowest BCUT2D eigenvalue weighted by Crippen LogP contribution is -2.12. The van der Waals surface area contributed by atoms with Crippen LogP contribution in [0.25, 0.3) is 10.9 Å². The highest BCUT2D eigenvalue weighted by molar-refractivity contribution is 9.10. The van der Waals surface area contributed by atoms with Crippen molar-refractivity contribution in [2.24, 2.45) is 7.05 Å². The molecule has 1 aromatic heterocycles. The van der Waals surface area contributed by atoms with Crippen molar-refractivity contribution >= 4 is 26.8 Å². The van der Waals surface area contributed by atoms with E-state index in [2.05, 4.69) is 15.9 Å². The van der Waals surface area contributed by atoms with Crippen molar-refractivity contribution in [2.75, 3.05) is 7.11 Å². The number of benzene rings is 1. The molecule has 0 saturated heterocycles. The number of hydrogen-bond acceptors (Lipinski definition) is 2. The first-order valence-electron chi connectivity index (χ1n) is 4.89. The summed E-state index contributed by atoms with van der Waals surface area (Å²) in [7, 11) is 3.53. The van der Waals surface area contributed by atoms with Crippen molar-refractivity contribution in [3.05, 3.63) is 38.6 Å². The number of ether oxygens (including phenoxy) is 1. The second kappa shape index (κ2) is 3.94. The maximum Gasteiger partial charge on any atom is 0.203 e. The topological polar surface area (TPSA) is 31.2 Å². The van der Waals surface area contributed by atoms with E-state index >= 15 is 0 Å². The summed E-state index contributed by atoms with van der Waals surface area (Å²) in [5.41, 5.74) is 1.83. The molecule has 0 radical (unpaired) electrons. The molecule has 4 heteroatoms. The molecule has 0 aliphatic rings. The largest absolute Gasteiger partial charge is 0.497 e. The monoisotopic (exact) mass is 281 g/mol. The Balaban J connectivity index is 2.97. The highest BCUT2D eigenvalue weighted by atomic mass is 79.9. The quantitative estimate of drug-likeness (QED) is 0.805. The number of nitrogens with zero attached hydrogens (tertiary/aromatic N) is 1. The number of hydrogen-bond donors (Lipinski definition) is 0. The van der Waals surface area contributed by atoms with E-state index in [4.69, 9.17) is 4.74 Å². The van der Waals surface area contributed by atoms with Crippen molar-refractivity contribution in [1.82, 2.24) is 4.57 Å². The average Bonchev–Trinajstić information content (AvgIpc) is 2.33. The Kier molecular flexibility index (Phi) is 2.76. The van der Waals surface area contributed by atoms with Crippen molar-refractivity contribution in [2.45, 2.75) is 6.92 Å². The van der Waals surface area contributed by atoms with Gasteiger partial charge in [-0.3, -0.25) is 4.79 Å². The molecule has 0 saturated carbocycles. The van der Waals surface area contributed by atoms with Crippen molar-refractivity contribution < 1.29 is 4.74 Å². The van der Waals surface area contributed by atoms with Gasteiger partial charge >= 0.3 is 0 Å². The Morgan fingerprint density at radius 2 is 2.06 bits per heavy atom. The van der Waals surface area contributed by atoms with E-state index in [0.29, 0.717) is 15.6 Å². The van der Waals surface area contributed by atoms with Crippen LogP contribution in [0.2, 0.25) is 0 Å². The number of halogens is 1. The van der Waals surface area contributed by atoms with Gasteiger partial charge in [-0.05, 0) is 41.1 Å². The molecule has 0 atom stereocenters. The lowest BCUT2D eigenvalue weighted by atomic mass is 10.1. The molecule has 2 rings (SSSR count). The van der Waals surface area contributed by atoms with E-state index in [1.54, 1.807) is 13.2 Å². The fourth-order valence-electron chi connectivity index (χ4n) is 1.73. The zero-order valence-corrected chi connectivity index (χ0v) is 11.0. The van der Waals surface area contributed by atoms with Crippen LogP contribution >= 0.6 is 15.9 Å². The SMILES string of the molecule is COc1ccc2c(c1)c(=O)c(Br)c(C)n2C. The van der Waals surface area contributed by atoms with Crippen LogP contribution < -0.4 is 10.2 Å². The van der Waals surface area contributed by atoms with Gasteiger partial charge in [-0.25, -0.2) is 0 Å². The van der Waals surface area contributed by atoms with Gasteiger partial charge in [0.2, 0.25) is 5.43 Å². The third-order valence-corrected chi connectivity index (χ3v) is 3.76. The molecule has 0 fully saturated rings. The zero-order valence-electron chi connectivity index (χ0n) is 9.37. The van der Waals surface area contributed by atoms with Crippen LogP contribution in [0.5, 0.6) is 5.75 Å². The van der Waals surface area contributed by atoms with Gasteiger partial charge in [0.1, 0.15) is 5.75 Å². The van der Waals surface area contributed by atoms with Gasteiger partial charge in [0.05, 0.1) is 22.5 Å². The molecule has 16 heavy (non-hydrogen) atoms. The molecule has 3 nitrogen and oxygen atoms in total. The lowest BCUT2D eigenvalue weighted by Gasteiger charge is -2.11. The zero-order chi connectivity index (χ0) is 11.9. The standard InChI is InChI=1S/C12H12BrNO2/c1-7-11(13)12(15)9-6-8(16-3)4-5-10(9)14(7)2/h4-6H,1-3H3. The second-order valence-electron chi connectivity index (χ2n) is 3.67. The Hall–Kier alpha value is -1.29. The third-order valence-electron chi connectivity index (χ3n) is 2.83. The predicted octanol–water partition coefficient (Wildman–Crippen LogP) is 2.62. The average molecular weight is 282 g/mol. The number of aromatic nitrogens is 1. The number of rotatable bonds is 1. The van der Waals surface area contributed by atoms with Crippen molar-refractivity contribution in [3.63, 3.8) is 0 Å². The maximum absolute atomic E-state index is 12.1. The Morgan fingerprint density at radius 3 is 2.69 bits per heavy atom. The fraction of sp³-hybridized carbons (Fsp3) is 0.250. The minimum absolute atomic E-state index is 0.00417. The van der Waals surface area contributed by atoms with Gasteiger partial charge < -0.3 is 9.30 Å². The van der Waals surface area contributed by atoms with Crippen LogP contribution in [0.1, 0.15) is 5.69 Å². The smallest absolute Gasteiger partial charge is 0.203 e. The molecule has 2 aromatic rings. The van der Waals surface area contributed by atoms with E-state index in [0.717, 1.165) is 11.2 Å². The van der Waals surface area contributed by atoms with Crippen LogP contribution in [0, 0.1) is 6.92 Å². The van der Waals surface area contributed by atoms with Crippen LogP contribution in [0.15, 0.2) is 27.5 Å². The molecule has 0 bridgehead atoms. The first kappa shape index (κ1) is 11.2. The Bertz CT molecular complexity index is 616. The molecule has 1 aromatic carbocycles. The molecular weight excluding hydrogens is 270 g/mol. The van der Waals surface area contributed by atoms with E-state index in [-0.39, 0.29) is 5.43 Å². The Labute approximate surface area is 102 Å². The predicted molar refractivity (Wildman–Crippen MR) is 68.2 cm³/mol. The van der Waals surface area contributed by atoms with E-state index < -0.39 is 0 Å². The molecule has 1 heterocycles. The summed E-state index contributed by atoms with van der Waals surface area (Å²) >= 11 is 3.32. The van der Waals surface area contributed by atoms with Gasteiger partial charge in [-0.2, -0.15) is 0 Å². The number of fused-ring (bicyclic) bond motifs is 1. The van der Waals surface area contributed by atoms with Gasteiger partial charge in [0.15, 0.2) is 0 Å². The molecule has 0 unspecified atom stereocenters. The summed E-state index contributed by atoms with van der Waals surface area (Å²) in [5, 5.41) is 0.666. The highest BCUT2D eigenvalue weighted by Crippen LogP contribution is 2.22. The minimum atomic E-state index is 0.00417. The summed E-state index contributed by atoms with van der Waals surface area (Å²) in [6.07, 6.45) is 0. The first-order valence-corrected chi connectivity index (χ1v) is 5.68. The minimum Gasteiger partial charge on any atom is -0.497 e. The van der Waals surface area contributed by atoms with Crippen LogP contribution in [-0.2, 0) is 7.05 Å². The van der Waals surface area contributed by atoms with Crippen molar-refractivity contribution in [1.29, 1.82) is 0 Å². The molecule has 0 amide bonds. The number of methoxy groups -OCH3 is 1. The van der Waals surface area contributed by atoms with Gasteiger partial charge in [-0.15, -0.1) is 0 Å². The summed E-state index contributed by atoms with van der Waals surface area (Å²) in [6.45, 7) is 1.91. The lowest BCUT2D eigenvalue weighted by molar-refractivity contribution is 0.415. The molecule has 0 aliphatic carbocycles. The Morgan fingerprint density at radius 1 is 1.38 bits per heavy atom. The highest BCUT2D eigenvalue weighted by Gasteiger charge is 2.10. The molecule has 0 aliphatic heterocycles. The number of aryl methyl sites for hydroxylation is 1. The summed E-state index contributed by atoms with van der Waals surface area (Å²) in [4.78, 5) is 12.1. The summed E-state index contributed by atoms with van der Waals surface area (Å²) < 4.78 is 7.72. The maximum atomic E-state index is 12.1. The second-order valence-corrected chi connectivity index (χ2v) is 4.46. The summed E-state index contributed by atoms with van der Waals surface area (Å²) in [5.74, 6) is 0.695. The molecule has 0 spiro atoms. The van der Waals surface area contributed by atoms with Crippen LogP contribution in [0.3, 0.4) is 0 Å². The van der Waals surface area contributed by atoms with Crippen LogP contribution in [-0.4, -0.2) is 11.7 Å². The van der Waals surface area contributed by atoms with Gasteiger partial charge in [0.25, 0.3) is 0 Å².